The topological polar surface area (TPSA) is 69.7 Å². The molecule has 70 valence electrons. The van der Waals surface area contributed by atoms with Crippen molar-refractivity contribution in [2.75, 3.05) is 19.5 Å². The molecule has 0 aromatic heterocycles. The van der Waals surface area contributed by atoms with Gasteiger partial charge in [-0.1, -0.05) is 6.58 Å². The number of carbonyl (C=O) groups excluding carboxylic acids is 1. The quantitative estimate of drug-likeness (QED) is 0.341. The average Bonchev–Trinajstić information content (AvgIpc) is 2.04. The van der Waals surface area contributed by atoms with Gasteiger partial charge in [-0.3, -0.25) is 4.18 Å². The molecule has 0 heterocycles. The molecule has 0 aliphatic rings. The second kappa shape index (κ2) is 4.89. The van der Waals surface area contributed by atoms with E-state index in [4.69, 9.17) is 0 Å². The fraction of sp³-hybridized carbons (Fsp3) is 0.500. The van der Waals surface area contributed by atoms with Gasteiger partial charge in [-0.15, -0.1) is 0 Å². The molecular weight excluding hydrogens is 184 g/mol. The van der Waals surface area contributed by atoms with Gasteiger partial charge in [0.25, 0.3) is 10.1 Å². The van der Waals surface area contributed by atoms with Gasteiger partial charge in [0.2, 0.25) is 0 Å². The van der Waals surface area contributed by atoms with E-state index in [-0.39, 0.29) is 12.4 Å². The molecule has 0 aliphatic carbocycles. The summed E-state index contributed by atoms with van der Waals surface area (Å²) < 4.78 is 29.8. The van der Waals surface area contributed by atoms with E-state index >= 15 is 0 Å². The van der Waals surface area contributed by atoms with Crippen molar-refractivity contribution in [1.82, 2.24) is 0 Å². The number of carbonyl (C=O) groups is 1. The van der Waals surface area contributed by atoms with E-state index in [1.165, 1.54) is 0 Å². The van der Waals surface area contributed by atoms with Crippen LogP contribution in [0.2, 0.25) is 0 Å². The maximum absolute atomic E-state index is 10.6. The lowest BCUT2D eigenvalue weighted by Gasteiger charge is -2.01. The zero-order chi connectivity index (χ0) is 9.61. The Hall–Kier alpha value is -0.880. The Morgan fingerprint density at radius 1 is 1.58 bits per heavy atom. The van der Waals surface area contributed by atoms with Crippen molar-refractivity contribution in [3.05, 3.63) is 12.7 Å². The van der Waals surface area contributed by atoms with E-state index in [2.05, 4.69) is 15.5 Å². The predicted octanol–water partition coefficient (Wildman–Crippen LogP) is -0.308. The van der Waals surface area contributed by atoms with Gasteiger partial charge in [0.15, 0.2) is 0 Å². The molecule has 6 heteroatoms. The molecule has 0 unspecified atom stereocenters. The van der Waals surface area contributed by atoms with Crippen molar-refractivity contribution < 1.29 is 22.1 Å². The lowest BCUT2D eigenvalue weighted by atomic mass is 10.6. The molecule has 0 bridgehead atoms. The van der Waals surface area contributed by atoms with Gasteiger partial charge in [-0.05, 0) is 0 Å². The summed E-state index contributed by atoms with van der Waals surface area (Å²) in [7, 11) is -2.49. The molecule has 0 atom stereocenters. The van der Waals surface area contributed by atoms with Crippen molar-refractivity contribution in [3.8, 4) is 0 Å². The van der Waals surface area contributed by atoms with E-state index < -0.39 is 16.1 Å². The minimum atomic E-state index is -3.53. The molecule has 0 amide bonds. The van der Waals surface area contributed by atoms with Gasteiger partial charge in [0.05, 0.1) is 7.11 Å². The summed E-state index contributed by atoms with van der Waals surface area (Å²) in [5.74, 6) is -0.996. The van der Waals surface area contributed by atoms with Crippen molar-refractivity contribution in [3.63, 3.8) is 0 Å². The van der Waals surface area contributed by atoms with Gasteiger partial charge < -0.3 is 4.74 Å². The summed E-state index contributed by atoms with van der Waals surface area (Å²) in [6.07, 6.45) is 0.958. The molecule has 0 rings (SSSR count). The van der Waals surface area contributed by atoms with Crippen LogP contribution >= 0.6 is 0 Å². The van der Waals surface area contributed by atoms with Crippen LogP contribution in [-0.2, 0) is 23.8 Å². The third kappa shape index (κ3) is 4.86. The Balaban J connectivity index is 3.71. The van der Waals surface area contributed by atoms with Gasteiger partial charge in [0.1, 0.15) is 12.4 Å². The third-order valence-corrected chi connectivity index (χ3v) is 2.17. The highest BCUT2D eigenvalue weighted by Crippen LogP contribution is 1.90. The zero-order valence-corrected chi connectivity index (χ0v) is 7.46. The van der Waals surface area contributed by atoms with E-state index in [1.807, 2.05) is 0 Å². The van der Waals surface area contributed by atoms with Gasteiger partial charge >= 0.3 is 5.97 Å². The summed E-state index contributed by atoms with van der Waals surface area (Å²) in [5.41, 5.74) is 0. The molecule has 12 heavy (non-hydrogen) atoms. The van der Waals surface area contributed by atoms with Crippen LogP contribution in [-0.4, -0.2) is 33.9 Å². The van der Waals surface area contributed by atoms with Crippen LogP contribution in [0.25, 0.3) is 0 Å². The minimum Gasteiger partial charge on any atom is -0.461 e. The molecule has 0 aliphatic heterocycles. The standard InChI is InChI=1S/C6H10O5S/c1-3-6(7)11-4-5-12(8,9)10-2/h3H,1,4-5H2,2H3. The first kappa shape index (κ1) is 11.1. The summed E-state index contributed by atoms with van der Waals surface area (Å²) in [5, 5.41) is 0. The van der Waals surface area contributed by atoms with E-state index in [0.29, 0.717) is 0 Å². The zero-order valence-electron chi connectivity index (χ0n) is 6.65. The first-order valence-electron chi connectivity index (χ1n) is 3.09. The van der Waals surface area contributed by atoms with Crippen molar-refractivity contribution in [2.24, 2.45) is 0 Å². The molecule has 0 saturated carbocycles. The maximum atomic E-state index is 10.6. The van der Waals surface area contributed by atoms with Gasteiger partial charge in [-0.2, -0.15) is 8.42 Å². The largest absolute Gasteiger partial charge is 0.461 e. The van der Waals surface area contributed by atoms with Crippen LogP contribution in [0, 0.1) is 0 Å². The van der Waals surface area contributed by atoms with Crippen LogP contribution in [0.3, 0.4) is 0 Å². The second-order valence-corrected chi connectivity index (χ2v) is 3.66. The molecule has 0 saturated heterocycles. The van der Waals surface area contributed by atoms with Crippen LogP contribution < -0.4 is 0 Å². The molecule has 0 aromatic carbocycles. The summed E-state index contributed by atoms with van der Waals surface area (Å²) in [6.45, 7) is 2.92. The highest BCUT2D eigenvalue weighted by Gasteiger charge is 2.08. The van der Waals surface area contributed by atoms with E-state index in [1.54, 1.807) is 0 Å². The smallest absolute Gasteiger partial charge is 0.330 e. The van der Waals surface area contributed by atoms with E-state index in [9.17, 15) is 13.2 Å². The Bertz CT molecular complexity index is 253. The first-order chi connectivity index (χ1) is 5.52. The Labute approximate surface area is 71.1 Å². The van der Waals surface area contributed by atoms with E-state index in [0.717, 1.165) is 13.2 Å². The third-order valence-electron chi connectivity index (χ3n) is 0.998. The number of rotatable bonds is 5. The number of ether oxygens (including phenoxy) is 1. The summed E-state index contributed by atoms with van der Waals surface area (Å²) >= 11 is 0. The van der Waals surface area contributed by atoms with Crippen molar-refractivity contribution >= 4 is 16.1 Å². The second-order valence-electron chi connectivity index (χ2n) is 1.80. The lowest BCUT2D eigenvalue weighted by molar-refractivity contribution is -0.137. The Kier molecular flexibility index (Phi) is 4.53. The minimum absolute atomic E-state index is 0.221. The number of esters is 1. The number of hydrogen-bond donors (Lipinski definition) is 0. The van der Waals surface area contributed by atoms with Crippen LogP contribution in [0.5, 0.6) is 0 Å². The summed E-state index contributed by atoms with van der Waals surface area (Å²) in [6, 6.07) is 0. The molecule has 5 nitrogen and oxygen atoms in total. The highest BCUT2D eigenvalue weighted by atomic mass is 32.2. The maximum Gasteiger partial charge on any atom is 0.330 e. The van der Waals surface area contributed by atoms with Crippen LogP contribution in [0.15, 0.2) is 12.7 Å². The SMILES string of the molecule is C=CC(=O)OCCS(=O)(=O)OC. The first-order valence-corrected chi connectivity index (χ1v) is 4.67. The predicted molar refractivity (Wildman–Crippen MR) is 42.0 cm³/mol. The highest BCUT2D eigenvalue weighted by molar-refractivity contribution is 7.86. The molecule has 0 aromatic rings. The summed E-state index contributed by atoms with van der Waals surface area (Å²) in [4.78, 5) is 10.4. The van der Waals surface area contributed by atoms with Gasteiger partial charge in [-0.25, -0.2) is 4.79 Å². The van der Waals surface area contributed by atoms with Crippen LogP contribution in [0.4, 0.5) is 0 Å². The molecule has 0 fully saturated rings. The Morgan fingerprint density at radius 2 is 2.17 bits per heavy atom. The molecule has 0 radical (unpaired) electrons. The molecule has 0 spiro atoms. The normalized spacial score (nSPS) is 10.8. The fourth-order valence-electron chi connectivity index (χ4n) is 0.387. The van der Waals surface area contributed by atoms with Crippen molar-refractivity contribution in [1.29, 1.82) is 0 Å². The molecular formula is C6H10O5S. The fourth-order valence-corrected chi connectivity index (χ4v) is 0.841. The van der Waals surface area contributed by atoms with Crippen molar-refractivity contribution in [2.45, 2.75) is 0 Å². The average molecular weight is 194 g/mol. The Morgan fingerprint density at radius 3 is 2.58 bits per heavy atom. The molecule has 0 N–H and O–H groups in total. The van der Waals surface area contributed by atoms with Gasteiger partial charge in [0, 0.05) is 6.08 Å². The lowest BCUT2D eigenvalue weighted by Crippen LogP contribution is -2.15. The van der Waals surface area contributed by atoms with Crippen LogP contribution in [0.1, 0.15) is 0 Å². The number of hydrogen-bond acceptors (Lipinski definition) is 5. The monoisotopic (exact) mass is 194 g/mol.